The molecule has 1 unspecified atom stereocenters. The molecule has 26 heavy (non-hydrogen) atoms. The van der Waals surface area contributed by atoms with Crippen molar-refractivity contribution in [3.05, 3.63) is 52.5 Å². The Morgan fingerprint density at radius 2 is 2.12 bits per heavy atom. The van der Waals surface area contributed by atoms with Crippen LogP contribution in [0.4, 0.5) is 0 Å². The number of benzene rings is 1. The molecule has 1 aromatic heterocycles. The Labute approximate surface area is 158 Å². The number of likely N-dealkylation sites (tertiary alicyclic amines) is 1. The average molecular weight is 372 g/mol. The molecule has 1 atom stereocenters. The number of carbonyl (C=O) groups is 2. The Morgan fingerprint density at radius 1 is 1.27 bits per heavy atom. The van der Waals surface area contributed by atoms with Gasteiger partial charge in [-0.25, -0.2) is 4.98 Å². The summed E-state index contributed by atoms with van der Waals surface area (Å²) in [7, 11) is 0. The lowest BCUT2D eigenvalue weighted by molar-refractivity contribution is -0.138. The number of aryl methyl sites for hydroxylation is 1. The van der Waals surface area contributed by atoms with Crippen LogP contribution in [0.1, 0.15) is 29.8 Å². The molecule has 2 amide bonds. The van der Waals surface area contributed by atoms with Crippen molar-refractivity contribution in [1.29, 1.82) is 0 Å². The summed E-state index contributed by atoms with van der Waals surface area (Å²) >= 11 is 1.60. The summed E-state index contributed by atoms with van der Waals surface area (Å²) < 4.78 is 0. The van der Waals surface area contributed by atoms with Crippen molar-refractivity contribution < 1.29 is 9.59 Å². The van der Waals surface area contributed by atoms with Crippen molar-refractivity contribution >= 4 is 23.2 Å². The summed E-state index contributed by atoms with van der Waals surface area (Å²) in [6.07, 6.45) is 5.54. The largest absolute Gasteiger partial charge is 0.355 e. The Morgan fingerprint density at radius 3 is 2.88 bits per heavy atom. The van der Waals surface area contributed by atoms with Gasteiger partial charge in [-0.1, -0.05) is 30.3 Å². The third-order valence-electron chi connectivity index (χ3n) is 4.73. The molecule has 1 N–H and O–H groups in total. The molecule has 6 heteroatoms. The molecule has 1 fully saturated rings. The van der Waals surface area contributed by atoms with Crippen LogP contribution in [0.15, 0.2) is 41.9 Å². The SMILES string of the molecule is O=C(NCCc1nccs1)C1CCC(=O)N(CCCc2ccccc2)C1. The first-order valence-electron chi connectivity index (χ1n) is 9.20. The van der Waals surface area contributed by atoms with Crippen LogP contribution in [-0.2, 0) is 22.4 Å². The highest BCUT2D eigenvalue weighted by molar-refractivity contribution is 7.09. The number of amides is 2. The highest BCUT2D eigenvalue weighted by Crippen LogP contribution is 2.18. The van der Waals surface area contributed by atoms with Crippen LogP contribution in [0.2, 0.25) is 0 Å². The Kier molecular flexibility index (Phi) is 6.77. The third-order valence-corrected chi connectivity index (χ3v) is 5.57. The van der Waals surface area contributed by atoms with E-state index in [1.165, 1.54) is 5.56 Å². The van der Waals surface area contributed by atoms with Crippen LogP contribution in [0.3, 0.4) is 0 Å². The number of hydrogen-bond acceptors (Lipinski definition) is 4. The van der Waals surface area contributed by atoms with Crippen molar-refractivity contribution in [1.82, 2.24) is 15.2 Å². The summed E-state index contributed by atoms with van der Waals surface area (Å²) in [5.74, 6) is 0.132. The number of carbonyl (C=O) groups excluding carboxylic acids is 2. The van der Waals surface area contributed by atoms with Gasteiger partial charge >= 0.3 is 0 Å². The molecule has 2 heterocycles. The van der Waals surface area contributed by atoms with E-state index in [2.05, 4.69) is 22.4 Å². The third kappa shape index (κ3) is 5.39. The molecule has 138 valence electrons. The lowest BCUT2D eigenvalue weighted by Crippen LogP contribution is -2.46. The van der Waals surface area contributed by atoms with E-state index in [4.69, 9.17) is 0 Å². The molecule has 2 aromatic rings. The first-order chi connectivity index (χ1) is 12.7. The molecular formula is C20H25N3O2S. The van der Waals surface area contributed by atoms with Gasteiger partial charge in [-0.3, -0.25) is 9.59 Å². The molecule has 0 spiro atoms. The van der Waals surface area contributed by atoms with Crippen LogP contribution in [0, 0.1) is 5.92 Å². The average Bonchev–Trinajstić information content (AvgIpc) is 3.17. The number of aromatic nitrogens is 1. The number of piperidine rings is 1. The fourth-order valence-corrected chi connectivity index (χ4v) is 3.90. The van der Waals surface area contributed by atoms with E-state index in [0.717, 1.165) is 30.8 Å². The molecule has 1 aliphatic heterocycles. The van der Waals surface area contributed by atoms with E-state index in [9.17, 15) is 9.59 Å². The standard InChI is InChI=1S/C20H25N3O2S/c24-19-9-8-17(20(25)22-11-10-18-21-12-14-26-18)15-23(19)13-4-7-16-5-2-1-3-6-16/h1-3,5-6,12,14,17H,4,7-11,13,15H2,(H,22,25). The first-order valence-corrected chi connectivity index (χ1v) is 10.1. The van der Waals surface area contributed by atoms with E-state index in [-0.39, 0.29) is 17.7 Å². The molecule has 1 aliphatic rings. The van der Waals surface area contributed by atoms with Gasteiger partial charge in [-0.05, 0) is 24.8 Å². The fourth-order valence-electron chi connectivity index (χ4n) is 3.28. The van der Waals surface area contributed by atoms with Gasteiger partial charge in [0.15, 0.2) is 0 Å². The molecule has 0 saturated carbocycles. The fraction of sp³-hybridized carbons (Fsp3) is 0.450. The Hall–Kier alpha value is -2.21. The zero-order valence-electron chi connectivity index (χ0n) is 14.9. The summed E-state index contributed by atoms with van der Waals surface area (Å²) in [5, 5.41) is 5.97. The normalized spacial score (nSPS) is 17.3. The van der Waals surface area contributed by atoms with Gasteiger partial charge in [0.2, 0.25) is 11.8 Å². The predicted molar refractivity (Wildman–Crippen MR) is 103 cm³/mol. The van der Waals surface area contributed by atoms with Gasteiger partial charge in [-0.15, -0.1) is 11.3 Å². The van der Waals surface area contributed by atoms with Crippen molar-refractivity contribution in [2.24, 2.45) is 5.92 Å². The number of nitrogens with zero attached hydrogens (tertiary/aromatic N) is 2. The van der Waals surface area contributed by atoms with E-state index >= 15 is 0 Å². The lowest BCUT2D eigenvalue weighted by atomic mass is 9.96. The van der Waals surface area contributed by atoms with Gasteiger partial charge in [0.1, 0.15) is 0 Å². The minimum atomic E-state index is -0.0966. The molecule has 1 saturated heterocycles. The number of rotatable bonds is 8. The maximum Gasteiger partial charge on any atom is 0.224 e. The lowest BCUT2D eigenvalue weighted by Gasteiger charge is -2.32. The van der Waals surface area contributed by atoms with Crippen molar-refractivity contribution in [3.63, 3.8) is 0 Å². The van der Waals surface area contributed by atoms with Crippen LogP contribution in [0.5, 0.6) is 0 Å². The number of hydrogen-bond donors (Lipinski definition) is 1. The van der Waals surface area contributed by atoms with Crippen LogP contribution in [-0.4, -0.2) is 41.3 Å². The van der Waals surface area contributed by atoms with Gasteiger partial charge in [0.25, 0.3) is 0 Å². The minimum absolute atomic E-state index is 0.0575. The second kappa shape index (κ2) is 9.48. The molecule has 5 nitrogen and oxygen atoms in total. The Bertz CT molecular complexity index is 703. The number of nitrogens with one attached hydrogen (secondary N) is 1. The second-order valence-electron chi connectivity index (χ2n) is 6.63. The quantitative estimate of drug-likeness (QED) is 0.776. The molecular weight excluding hydrogens is 346 g/mol. The van der Waals surface area contributed by atoms with E-state index in [0.29, 0.717) is 25.9 Å². The molecule has 1 aromatic carbocycles. The summed E-state index contributed by atoms with van der Waals surface area (Å²) in [6.45, 7) is 1.86. The van der Waals surface area contributed by atoms with E-state index in [1.807, 2.05) is 28.5 Å². The maximum absolute atomic E-state index is 12.4. The summed E-state index contributed by atoms with van der Waals surface area (Å²) in [4.78, 5) is 30.6. The molecule has 3 rings (SSSR count). The van der Waals surface area contributed by atoms with Crippen LogP contribution < -0.4 is 5.32 Å². The topological polar surface area (TPSA) is 62.3 Å². The van der Waals surface area contributed by atoms with Gasteiger partial charge in [0.05, 0.1) is 10.9 Å². The van der Waals surface area contributed by atoms with Crippen molar-refractivity contribution in [2.45, 2.75) is 32.1 Å². The molecule has 0 aliphatic carbocycles. The molecule has 0 radical (unpaired) electrons. The van der Waals surface area contributed by atoms with E-state index < -0.39 is 0 Å². The number of thiazole rings is 1. The monoisotopic (exact) mass is 371 g/mol. The van der Waals surface area contributed by atoms with Crippen LogP contribution >= 0.6 is 11.3 Å². The Balaban J connectivity index is 1.41. The van der Waals surface area contributed by atoms with Gasteiger partial charge < -0.3 is 10.2 Å². The summed E-state index contributed by atoms with van der Waals surface area (Å²) in [6, 6.07) is 10.3. The zero-order valence-corrected chi connectivity index (χ0v) is 15.7. The van der Waals surface area contributed by atoms with Gasteiger partial charge in [-0.2, -0.15) is 0 Å². The smallest absolute Gasteiger partial charge is 0.224 e. The highest BCUT2D eigenvalue weighted by Gasteiger charge is 2.29. The van der Waals surface area contributed by atoms with Gasteiger partial charge in [0, 0.05) is 44.1 Å². The summed E-state index contributed by atoms with van der Waals surface area (Å²) in [5.41, 5.74) is 1.29. The van der Waals surface area contributed by atoms with Crippen molar-refractivity contribution in [3.8, 4) is 0 Å². The van der Waals surface area contributed by atoms with Crippen LogP contribution in [0.25, 0.3) is 0 Å². The van der Waals surface area contributed by atoms with E-state index in [1.54, 1.807) is 17.5 Å². The second-order valence-corrected chi connectivity index (χ2v) is 7.61. The first kappa shape index (κ1) is 18.6. The molecule has 0 bridgehead atoms. The maximum atomic E-state index is 12.4. The predicted octanol–water partition coefficient (Wildman–Crippen LogP) is 2.67. The zero-order chi connectivity index (χ0) is 18.2. The minimum Gasteiger partial charge on any atom is -0.355 e. The highest BCUT2D eigenvalue weighted by atomic mass is 32.1. The van der Waals surface area contributed by atoms with Crippen molar-refractivity contribution in [2.75, 3.05) is 19.6 Å².